The Morgan fingerprint density at radius 1 is 1.39 bits per heavy atom. The third-order valence-electron chi connectivity index (χ3n) is 2.90. The lowest BCUT2D eigenvalue weighted by Crippen LogP contribution is -2.26. The van der Waals surface area contributed by atoms with Gasteiger partial charge in [0.25, 0.3) is 0 Å². The van der Waals surface area contributed by atoms with Crippen LogP contribution in [0.2, 0.25) is 0 Å². The Labute approximate surface area is 108 Å². The molecule has 0 bridgehead atoms. The maximum absolute atomic E-state index is 12.2. The summed E-state index contributed by atoms with van der Waals surface area (Å²) in [7, 11) is 1.58. The number of aryl methyl sites for hydroxylation is 1. The third kappa shape index (κ3) is 2.89. The van der Waals surface area contributed by atoms with Crippen molar-refractivity contribution in [3.63, 3.8) is 0 Å². The van der Waals surface area contributed by atoms with Gasteiger partial charge >= 0.3 is 0 Å². The Hall–Kier alpha value is -1.82. The molecule has 0 heterocycles. The molecule has 0 aromatic heterocycles. The highest BCUT2D eigenvalue weighted by atomic mass is 16.5. The Morgan fingerprint density at radius 3 is 2.44 bits per heavy atom. The van der Waals surface area contributed by atoms with Crippen molar-refractivity contribution in [3.05, 3.63) is 29.3 Å². The first-order chi connectivity index (χ1) is 8.31. The van der Waals surface area contributed by atoms with Gasteiger partial charge in [-0.1, -0.05) is 32.9 Å². The summed E-state index contributed by atoms with van der Waals surface area (Å²) in [6.45, 7) is 7.40. The predicted octanol–water partition coefficient (Wildman–Crippen LogP) is 3.23. The van der Waals surface area contributed by atoms with Crippen LogP contribution in [0.4, 0.5) is 0 Å². The third-order valence-corrected chi connectivity index (χ3v) is 2.90. The van der Waals surface area contributed by atoms with Gasteiger partial charge in [-0.15, -0.1) is 0 Å². The van der Waals surface area contributed by atoms with Crippen LogP contribution >= 0.6 is 0 Å². The average molecular weight is 245 g/mol. The normalized spacial score (nSPS) is 12.7. The second kappa shape index (κ2) is 5.22. The van der Waals surface area contributed by atoms with Crippen LogP contribution in [0.3, 0.4) is 0 Å². The molecule has 0 radical (unpaired) electrons. The first kappa shape index (κ1) is 14.2. The lowest BCUT2D eigenvalue weighted by atomic mass is 9.80. The second-order valence-corrected chi connectivity index (χ2v) is 5.41. The zero-order valence-corrected chi connectivity index (χ0v) is 11.6. The molecule has 0 N–H and O–H groups in total. The molecule has 1 aromatic carbocycles. The molecule has 1 unspecified atom stereocenters. The minimum absolute atomic E-state index is 0.0732. The minimum atomic E-state index is -0.737. The number of hydrogen-bond donors (Lipinski definition) is 0. The molecule has 0 fully saturated rings. The number of nitrogens with zero attached hydrogens (tertiary/aromatic N) is 1. The fourth-order valence-corrected chi connectivity index (χ4v) is 1.73. The van der Waals surface area contributed by atoms with E-state index < -0.39 is 11.3 Å². The summed E-state index contributed by atoms with van der Waals surface area (Å²) in [5.41, 5.74) is 1.15. The van der Waals surface area contributed by atoms with Gasteiger partial charge in [-0.3, -0.25) is 4.79 Å². The lowest BCUT2D eigenvalue weighted by Gasteiger charge is -2.21. The van der Waals surface area contributed by atoms with Gasteiger partial charge in [-0.05, 0) is 24.1 Å². The van der Waals surface area contributed by atoms with Crippen LogP contribution in [0.25, 0.3) is 0 Å². The Balaban J connectivity index is 3.19. The maximum atomic E-state index is 12.2. The van der Waals surface area contributed by atoms with Gasteiger partial charge in [0.05, 0.1) is 13.2 Å². The standard InChI is InChI=1S/C15H19NO2/c1-10-6-7-11(8-13(10)18-5)12(9-16)14(17)15(2,3)4/h6-8,12H,1-5H3. The highest BCUT2D eigenvalue weighted by Gasteiger charge is 2.31. The van der Waals surface area contributed by atoms with E-state index in [0.717, 1.165) is 5.56 Å². The van der Waals surface area contributed by atoms with Crippen molar-refractivity contribution in [3.8, 4) is 11.8 Å². The van der Waals surface area contributed by atoms with Crippen molar-refractivity contribution >= 4 is 5.78 Å². The molecular weight excluding hydrogens is 226 g/mol. The number of rotatable bonds is 3. The lowest BCUT2D eigenvalue weighted by molar-refractivity contribution is -0.126. The molecule has 18 heavy (non-hydrogen) atoms. The minimum Gasteiger partial charge on any atom is -0.496 e. The summed E-state index contributed by atoms with van der Waals surface area (Å²) >= 11 is 0. The van der Waals surface area contributed by atoms with Crippen LogP contribution in [-0.2, 0) is 4.79 Å². The van der Waals surface area contributed by atoms with Crippen molar-refractivity contribution in [2.75, 3.05) is 7.11 Å². The van der Waals surface area contributed by atoms with Crippen LogP contribution in [0.5, 0.6) is 5.75 Å². The first-order valence-corrected chi connectivity index (χ1v) is 5.89. The van der Waals surface area contributed by atoms with Gasteiger partial charge in [-0.2, -0.15) is 5.26 Å². The number of Topliss-reactive ketones (excluding diaryl/α,β-unsaturated/α-hetero) is 1. The van der Waals surface area contributed by atoms with Crippen molar-refractivity contribution in [2.24, 2.45) is 5.41 Å². The van der Waals surface area contributed by atoms with E-state index >= 15 is 0 Å². The smallest absolute Gasteiger partial charge is 0.159 e. The van der Waals surface area contributed by atoms with E-state index in [1.807, 2.05) is 39.8 Å². The molecule has 1 aromatic rings. The molecule has 0 aliphatic heterocycles. The van der Waals surface area contributed by atoms with Crippen molar-refractivity contribution in [2.45, 2.75) is 33.6 Å². The molecule has 1 atom stereocenters. The highest BCUT2D eigenvalue weighted by Crippen LogP contribution is 2.30. The van der Waals surface area contributed by atoms with Crippen LogP contribution in [-0.4, -0.2) is 12.9 Å². The fourth-order valence-electron chi connectivity index (χ4n) is 1.73. The number of nitriles is 1. The molecule has 0 amide bonds. The van der Waals surface area contributed by atoms with Gasteiger partial charge < -0.3 is 4.74 Å². The van der Waals surface area contributed by atoms with Crippen molar-refractivity contribution in [1.29, 1.82) is 5.26 Å². The number of ketones is 1. The number of carbonyl (C=O) groups excluding carboxylic acids is 1. The average Bonchev–Trinajstić information content (AvgIpc) is 2.30. The molecule has 3 heteroatoms. The van der Waals surface area contributed by atoms with Crippen molar-refractivity contribution in [1.82, 2.24) is 0 Å². The Bertz CT molecular complexity index is 492. The van der Waals surface area contributed by atoms with Crippen LogP contribution in [0.15, 0.2) is 18.2 Å². The van der Waals surface area contributed by atoms with E-state index in [-0.39, 0.29) is 5.78 Å². The maximum Gasteiger partial charge on any atom is 0.159 e. The van der Waals surface area contributed by atoms with E-state index in [9.17, 15) is 10.1 Å². The quantitative estimate of drug-likeness (QED) is 0.821. The summed E-state index contributed by atoms with van der Waals surface area (Å²) in [5.74, 6) is -0.107. The second-order valence-electron chi connectivity index (χ2n) is 5.41. The van der Waals surface area contributed by atoms with Gasteiger partial charge in [0.2, 0.25) is 0 Å². The van der Waals surface area contributed by atoms with Gasteiger partial charge in [0, 0.05) is 5.41 Å². The number of ether oxygens (including phenoxy) is 1. The SMILES string of the molecule is COc1cc(C(C#N)C(=O)C(C)(C)C)ccc1C. The summed E-state index contributed by atoms with van der Waals surface area (Å²) in [6.07, 6.45) is 0. The van der Waals surface area contributed by atoms with Crippen LogP contribution in [0, 0.1) is 23.7 Å². The van der Waals surface area contributed by atoms with Crippen LogP contribution < -0.4 is 4.74 Å². The zero-order chi connectivity index (χ0) is 13.9. The van der Waals surface area contributed by atoms with E-state index in [4.69, 9.17) is 4.74 Å². The van der Waals surface area contributed by atoms with E-state index in [1.165, 1.54) is 0 Å². The molecule has 0 aliphatic rings. The summed E-state index contributed by atoms with van der Waals surface area (Å²) in [4.78, 5) is 12.2. The van der Waals surface area contributed by atoms with E-state index in [1.54, 1.807) is 13.2 Å². The van der Waals surface area contributed by atoms with E-state index in [2.05, 4.69) is 6.07 Å². The molecule has 0 aliphatic carbocycles. The van der Waals surface area contributed by atoms with Crippen molar-refractivity contribution < 1.29 is 9.53 Å². The van der Waals surface area contributed by atoms with Gasteiger partial charge in [-0.25, -0.2) is 0 Å². The largest absolute Gasteiger partial charge is 0.496 e. The fraction of sp³-hybridized carbons (Fsp3) is 0.467. The highest BCUT2D eigenvalue weighted by molar-refractivity contribution is 5.92. The monoisotopic (exact) mass is 245 g/mol. The first-order valence-electron chi connectivity index (χ1n) is 5.89. The number of carbonyl (C=O) groups is 1. The zero-order valence-electron chi connectivity index (χ0n) is 11.6. The molecule has 96 valence electrons. The molecule has 3 nitrogen and oxygen atoms in total. The topological polar surface area (TPSA) is 50.1 Å². The molecule has 0 saturated heterocycles. The molecule has 0 saturated carbocycles. The molecule has 0 spiro atoms. The number of methoxy groups -OCH3 is 1. The van der Waals surface area contributed by atoms with Gasteiger partial charge in [0.15, 0.2) is 5.78 Å². The molecule has 1 rings (SSSR count). The Kier molecular flexibility index (Phi) is 4.13. The Morgan fingerprint density at radius 2 is 2.00 bits per heavy atom. The number of hydrogen-bond acceptors (Lipinski definition) is 3. The van der Waals surface area contributed by atoms with Gasteiger partial charge in [0.1, 0.15) is 11.7 Å². The van der Waals surface area contributed by atoms with E-state index in [0.29, 0.717) is 11.3 Å². The summed E-state index contributed by atoms with van der Waals surface area (Å²) < 4.78 is 5.22. The molecular formula is C15H19NO2. The van der Waals surface area contributed by atoms with Crippen LogP contribution in [0.1, 0.15) is 37.8 Å². The summed E-state index contributed by atoms with van der Waals surface area (Å²) in [6, 6.07) is 7.55. The predicted molar refractivity (Wildman–Crippen MR) is 70.5 cm³/mol. The number of benzene rings is 1. The summed E-state index contributed by atoms with van der Waals surface area (Å²) in [5, 5.41) is 9.23.